The van der Waals surface area contributed by atoms with Gasteiger partial charge >= 0.3 is 5.63 Å². The minimum Gasteiger partial charge on any atom is -0.491 e. The first-order chi connectivity index (χ1) is 18.8. The molecule has 0 saturated carbocycles. The highest BCUT2D eigenvalue weighted by Gasteiger charge is 2.20. The molecule has 0 aliphatic rings. The highest BCUT2D eigenvalue weighted by molar-refractivity contribution is 7.99. The average molecular weight is 621 g/mol. The summed E-state index contributed by atoms with van der Waals surface area (Å²) in [7, 11) is 0. The fourth-order valence-electron chi connectivity index (χ4n) is 3.64. The van der Waals surface area contributed by atoms with Gasteiger partial charge in [0, 0.05) is 44.4 Å². The topological polar surface area (TPSA) is 98.3 Å². The molecule has 0 fully saturated rings. The van der Waals surface area contributed by atoms with Crippen molar-refractivity contribution in [2.45, 2.75) is 11.3 Å². The molecule has 1 unspecified atom stereocenters. The van der Waals surface area contributed by atoms with Gasteiger partial charge in [-0.1, -0.05) is 58.2 Å². The SMILES string of the molecule is O=c1ccc2ccc(OCC(O)CSc3nnc(-c4cc(Cl)ccc4Cl)c(-c4cc(Cl)ccc4Cl)n3)cc2o1. The minimum absolute atomic E-state index is 0.00775. The van der Waals surface area contributed by atoms with Crippen LogP contribution in [0.1, 0.15) is 0 Å². The molecule has 39 heavy (non-hydrogen) atoms. The van der Waals surface area contributed by atoms with Crippen molar-refractivity contribution in [3.63, 3.8) is 0 Å². The smallest absolute Gasteiger partial charge is 0.336 e. The average Bonchev–Trinajstić information content (AvgIpc) is 2.93. The van der Waals surface area contributed by atoms with Gasteiger partial charge in [-0.2, -0.15) is 0 Å². The van der Waals surface area contributed by atoms with E-state index in [1.807, 2.05) is 0 Å². The molecule has 0 bridgehead atoms. The third kappa shape index (κ3) is 6.66. The Morgan fingerprint density at radius 1 is 0.846 bits per heavy atom. The summed E-state index contributed by atoms with van der Waals surface area (Å²) in [5.74, 6) is 0.670. The molecule has 2 heterocycles. The molecule has 1 atom stereocenters. The van der Waals surface area contributed by atoms with Crippen molar-refractivity contribution in [3.05, 3.63) is 97.2 Å². The molecule has 5 aromatic rings. The Kier molecular flexibility index (Phi) is 8.61. The maximum atomic E-state index is 11.5. The Morgan fingerprint density at radius 3 is 2.23 bits per heavy atom. The van der Waals surface area contributed by atoms with E-state index in [1.165, 1.54) is 17.8 Å². The number of aliphatic hydroxyl groups is 1. The molecule has 0 amide bonds. The van der Waals surface area contributed by atoms with Gasteiger partial charge in [-0.05, 0) is 54.6 Å². The van der Waals surface area contributed by atoms with E-state index in [1.54, 1.807) is 60.7 Å². The zero-order valence-electron chi connectivity index (χ0n) is 19.8. The van der Waals surface area contributed by atoms with Gasteiger partial charge in [-0.15, -0.1) is 10.2 Å². The van der Waals surface area contributed by atoms with Gasteiger partial charge in [0.25, 0.3) is 0 Å². The Hall–Kier alpha value is -2.85. The van der Waals surface area contributed by atoms with E-state index < -0.39 is 11.7 Å². The molecular weight excluding hydrogens is 604 g/mol. The number of hydrogen-bond acceptors (Lipinski definition) is 8. The monoisotopic (exact) mass is 619 g/mol. The van der Waals surface area contributed by atoms with Crippen LogP contribution >= 0.6 is 58.2 Å². The van der Waals surface area contributed by atoms with Crippen LogP contribution in [0.4, 0.5) is 0 Å². The van der Waals surface area contributed by atoms with E-state index in [2.05, 4.69) is 15.2 Å². The molecule has 198 valence electrons. The van der Waals surface area contributed by atoms with Crippen LogP contribution in [0.5, 0.6) is 5.75 Å². The van der Waals surface area contributed by atoms with Gasteiger partial charge in [0.15, 0.2) is 0 Å². The number of aromatic nitrogens is 3. The summed E-state index contributed by atoms with van der Waals surface area (Å²) in [6.07, 6.45) is -0.864. The number of hydrogen-bond donors (Lipinski definition) is 1. The Labute approximate surface area is 246 Å². The molecule has 2 aromatic heterocycles. The van der Waals surface area contributed by atoms with Gasteiger partial charge in [0.05, 0.1) is 16.1 Å². The molecular formula is C27H17Cl4N3O4S. The number of benzene rings is 3. The lowest BCUT2D eigenvalue weighted by Crippen LogP contribution is -2.20. The van der Waals surface area contributed by atoms with Crippen LogP contribution in [0.3, 0.4) is 0 Å². The normalized spacial score (nSPS) is 12.0. The number of thioether (sulfide) groups is 1. The lowest BCUT2D eigenvalue weighted by atomic mass is 10.0. The zero-order valence-corrected chi connectivity index (χ0v) is 23.6. The van der Waals surface area contributed by atoms with E-state index in [4.69, 9.17) is 55.6 Å². The summed E-state index contributed by atoms with van der Waals surface area (Å²) in [5, 5.41) is 22.0. The fraction of sp³-hybridized carbons (Fsp3) is 0.111. The highest BCUT2D eigenvalue weighted by atomic mass is 35.5. The number of fused-ring (bicyclic) bond motifs is 1. The highest BCUT2D eigenvalue weighted by Crippen LogP contribution is 2.39. The van der Waals surface area contributed by atoms with Crippen LogP contribution in [0.25, 0.3) is 33.5 Å². The number of halogens is 4. The third-order valence-corrected chi connectivity index (χ3v) is 7.59. The standard InChI is InChI=1S/C27H17Cl4N3O4S/c28-15-3-6-21(30)19(9-15)25-26(20-10-16(29)4-7-22(20)31)33-34-27(32-25)39-13-17(35)12-37-18-5-1-14-2-8-24(36)38-23(14)11-18/h1-11,17,35H,12-13H2. The first kappa shape index (κ1) is 27.7. The van der Waals surface area contributed by atoms with Crippen molar-refractivity contribution in [3.8, 4) is 28.3 Å². The fourth-order valence-corrected chi connectivity index (χ4v) is 5.09. The maximum absolute atomic E-state index is 11.5. The summed E-state index contributed by atoms with van der Waals surface area (Å²) >= 11 is 26.6. The zero-order chi connectivity index (χ0) is 27.5. The predicted octanol–water partition coefficient (Wildman–Crippen LogP) is 7.46. The number of nitrogens with zero attached hydrogens (tertiary/aromatic N) is 3. The van der Waals surface area contributed by atoms with E-state index in [0.29, 0.717) is 59.1 Å². The lowest BCUT2D eigenvalue weighted by Gasteiger charge is -2.14. The summed E-state index contributed by atoms with van der Waals surface area (Å²) in [5.41, 5.74) is 1.81. The van der Waals surface area contributed by atoms with Crippen molar-refractivity contribution in [1.29, 1.82) is 0 Å². The third-order valence-electron chi connectivity index (χ3n) is 5.48. The van der Waals surface area contributed by atoms with Gasteiger partial charge < -0.3 is 14.3 Å². The molecule has 5 rings (SSSR count). The van der Waals surface area contributed by atoms with Crippen LogP contribution in [-0.2, 0) is 0 Å². The minimum atomic E-state index is -0.864. The van der Waals surface area contributed by atoms with Gasteiger partial charge in [-0.25, -0.2) is 9.78 Å². The van der Waals surface area contributed by atoms with Crippen LogP contribution in [0, 0.1) is 0 Å². The van der Waals surface area contributed by atoms with Crippen molar-refractivity contribution in [2.24, 2.45) is 0 Å². The molecule has 7 nitrogen and oxygen atoms in total. The summed E-state index contributed by atoms with van der Waals surface area (Å²) < 4.78 is 10.9. The largest absolute Gasteiger partial charge is 0.491 e. The summed E-state index contributed by atoms with van der Waals surface area (Å²) in [6, 6.07) is 18.1. The molecule has 0 aliphatic heterocycles. The Balaban J connectivity index is 1.35. The molecule has 0 radical (unpaired) electrons. The number of aliphatic hydroxyl groups excluding tert-OH is 1. The number of ether oxygens (including phenoxy) is 1. The number of rotatable bonds is 8. The van der Waals surface area contributed by atoms with Gasteiger partial charge in [0.2, 0.25) is 5.16 Å². The first-order valence-corrected chi connectivity index (χ1v) is 13.9. The van der Waals surface area contributed by atoms with Crippen molar-refractivity contribution < 1.29 is 14.3 Å². The second kappa shape index (κ2) is 12.1. The second-order valence-corrected chi connectivity index (χ2v) is 10.9. The van der Waals surface area contributed by atoms with Crippen LogP contribution in [-0.4, -0.2) is 38.8 Å². The Bertz CT molecular complexity index is 1730. The van der Waals surface area contributed by atoms with Crippen LogP contribution < -0.4 is 10.4 Å². The van der Waals surface area contributed by atoms with E-state index in [9.17, 15) is 9.90 Å². The van der Waals surface area contributed by atoms with Crippen LogP contribution in [0.15, 0.2) is 81.1 Å². The van der Waals surface area contributed by atoms with Gasteiger partial charge in [-0.3, -0.25) is 0 Å². The van der Waals surface area contributed by atoms with E-state index >= 15 is 0 Å². The first-order valence-electron chi connectivity index (χ1n) is 11.4. The van der Waals surface area contributed by atoms with E-state index in [0.717, 1.165) is 5.39 Å². The molecule has 12 heteroatoms. The molecule has 0 spiro atoms. The molecule has 0 aliphatic carbocycles. The second-order valence-electron chi connectivity index (χ2n) is 8.27. The molecule has 1 N–H and O–H groups in total. The maximum Gasteiger partial charge on any atom is 0.336 e. The van der Waals surface area contributed by atoms with Crippen LogP contribution in [0.2, 0.25) is 20.1 Å². The van der Waals surface area contributed by atoms with E-state index in [-0.39, 0.29) is 12.4 Å². The van der Waals surface area contributed by atoms with Crippen molar-refractivity contribution in [1.82, 2.24) is 15.2 Å². The summed E-state index contributed by atoms with van der Waals surface area (Å²) in [4.78, 5) is 16.1. The van der Waals surface area contributed by atoms with Crippen molar-refractivity contribution >= 4 is 69.1 Å². The molecule has 0 saturated heterocycles. The summed E-state index contributed by atoms with van der Waals surface area (Å²) in [6.45, 7) is -0.00775. The van der Waals surface area contributed by atoms with Gasteiger partial charge in [0.1, 0.15) is 29.3 Å². The quantitative estimate of drug-likeness (QED) is 0.141. The lowest BCUT2D eigenvalue weighted by molar-refractivity contribution is 0.126. The van der Waals surface area contributed by atoms with Crippen molar-refractivity contribution in [2.75, 3.05) is 12.4 Å². The Morgan fingerprint density at radius 2 is 1.51 bits per heavy atom. The predicted molar refractivity (Wildman–Crippen MR) is 155 cm³/mol. The molecule has 3 aromatic carbocycles.